The Hall–Kier alpha value is -2.72. The third kappa shape index (κ3) is 6.90. The second-order valence-electron chi connectivity index (χ2n) is 10.1. The molecule has 0 aliphatic carbocycles. The minimum Gasteiger partial charge on any atom is -0.395 e. The number of piperazine rings is 1. The van der Waals surface area contributed by atoms with Crippen molar-refractivity contribution in [3.05, 3.63) is 93.2 Å². The van der Waals surface area contributed by atoms with Crippen molar-refractivity contribution >= 4 is 34.8 Å². The zero-order valence-corrected chi connectivity index (χ0v) is 23.6. The van der Waals surface area contributed by atoms with Crippen molar-refractivity contribution in [3.63, 3.8) is 0 Å². The van der Waals surface area contributed by atoms with Crippen LogP contribution in [0.15, 0.2) is 60.8 Å². The van der Waals surface area contributed by atoms with Crippen molar-refractivity contribution in [2.75, 3.05) is 51.3 Å². The minimum absolute atomic E-state index is 0.0854. The maximum atomic E-state index is 12.7. The van der Waals surface area contributed by atoms with Gasteiger partial charge in [-0.3, -0.25) is 14.7 Å². The van der Waals surface area contributed by atoms with Gasteiger partial charge in [-0.05, 0) is 48.9 Å². The number of rotatable bonds is 9. The number of pyridine rings is 1. The minimum atomic E-state index is -1.14. The summed E-state index contributed by atoms with van der Waals surface area (Å²) in [7, 11) is 1.64. The Labute approximate surface area is 239 Å². The van der Waals surface area contributed by atoms with Crippen LogP contribution in [-0.2, 0) is 12.2 Å². The van der Waals surface area contributed by atoms with Crippen LogP contribution in [-0.4, -0.2) is 82.4 Å². The molecule has 0 unspecified atom stereocenters. The molecule has 3 N–H and O–H groups in total. The van der Waals surface area contributed by atoms with Gasteiger partial charge >= 0.3 is 0 Å². The molecule has 1 saturated heterocycles. The predicted octanol–water partition coefficient (Wildman–Crippen LogP) is 3.72. The molecule has 1 aromatic heterocycles. The molecule has 208 valence electrons. The number of halogens is 2. The Kier molecular flexibility index (Phi) is 9.48. The van der Waals surface area contributed by atoms with Crippen molar-refractivity contribution in [1.82, 2.24) is 14.8 Å². The second kappa shape index (κ2) is 12.6. The van der Waals surface area contributed by atoms with Crippen LogP contribution in [0, 0.1) is 0 Å². The Morgan fingerprint density at radius 3 is 2.46 bits per heavy atom. The van der Waals surface area contributed by atoms with E-state index < -0.39 is 5.60 Å². The van der Waals surface area contributed by atoms with E-state index in [2.05, 4.69) is 14.8 Å². The normalized spacial score (nSPS) is 17.6. The maximum Gasteiger partial charge on any atom is 0.253 e. The highest BCUT2D eigenvalue weighted by Crippen LogP contribution is 2.37. The molecule has 0 radical (unpaired) electrons. The topological polar surface area (TPSA) is 100 Å². The highest BCUT2D eigenvalue weighted by molar-refractivity contribution is 6.33. The number of carbonyl (C=O) groups excluding carboxylic acids is 1. The van der Waals surface area contributed by atoms with Crippen LogP contribution in [0.1, 0.15) is 40.1 Å². The molecule has 3 aromatic rings. The average Bonchev–Trinajstić information content (AvgIpc) is 2.93. The lowest BCUT2D eigenvalue weighted by Gasteiger charge is -2.45. The van der Waals surface area contributed by atoms with Gasteiger partial charge in [-0.1, -0.05) is 41.4 Å². The van der Waals surface area contributed by atoms with Gasteiger partial charge in [0.2, 0.25) is 0 Å². The van der Waals surface area contributed by atoms with Crippen LogP contribution in [0.3, 0.4) is 0 Å². The number of carbonyl (C=O) groups is 1. The van der Waals surface area contributed by atoms with E-state index in [1.54, 1.807) is 44.4 Å². The standard InChI is InChI=1S/C29H34Cl2N4O4/c1-29(39,22-6-9-24(18-37)32-16-22)19-34-11-12-35(27(17-34)20-3-7-23(30)8-4-20)26-10-5-21(15-25(26)31)28(38)33(2)13-14-36/h3-10,15-16,27,36-37,39H,11-14,17-19H2,1-2H3/t27-,29+/m0/s1. The molecule has 1 aliphatic rings. The first-order valence-electron chi connectivity index (χ1n) is 12.8. The van der Waals surface area contributed by atoms with E-state index >= 15 is 0 Å². The predicted molar refractivity (Wildman–Crippen MR) is 153 cm³/mol. The lowest BCUT2D eigenvalue weighted by atomic mass is 9.94. The van der Waals surface area contributed by atoms with Gasteiger partial charge in [0.05, 0.1) is 35.7 Å². The summed E-state index contributed by atoms with van der Waals surface area (Å²) in [5.41, 5.74) is 2.41. The quantitative estimate of drug-likeness (QED) is 0.359. The summed E-state index contributed by atoms with van der Waals surface area (Å²) in [5.74, 6) is -0.208. The van der Waals surface area contributed by atoms with Crippen LogP contribution in [0.5, 0.6) is 0 Å². The van der Waals surface area contributed by atoms with E-state index in [0.717, 1.165) is 11.3 Å². The number of aliphatic hydroxyl groups excluding tert-OH is 2. The van der Waals surface area contributed by atoms with Crippen LogP contribution in [0.2, 0.25) is 10.0 Å². The Morgan fingerprint density at radius 1 is 1.10 bits per heavy atom. The van der Waals surface area contributed by atoms with Gasteiger partial charge in [-0.25, -0.2) is 0 Å². The van der Waals surface area contributed by atoms with Crippen LogP contribution < -0.4 is 4.90 Å². The first-order chi connectivity index (χ1) is 18.6. The molecule has 1 aliphatic heterocycles. The van der Waals surface area contributed by atoms with E-state index in [1.165, 1.54) is 4.90 Å². The fraction of sp³-hybridized carbons (Fsp3) is 0.379. The number of hydrogen-bond acceptors (Lipinski definition) is 7. The van der Waals surface area contributed by atoms with Crippen LogP contribution >= 0.6 is 23.2 Å². The number of nitrogens with zero attached hydrogens (tertiary/aromatic N) is 4. The molecule has 2 heterocycles. The molecular weight excluding hydrogens is 539 g/mol. The van der Waals surface area contributed by atoms with Crippen LogP contribution in [0.4, 0.5) is 5.69 Å². The summed E-state index contributed by atoms with van der Waals surface area (Å²) < 4.78 is 0. The average molecular weight is 574 g/mol. The van der Waals surface area contributed by atoms with E-state index in [-0.39, 0.29) is 31.7 Å². The largest absolute Gasteiger partial charge is 0.395 e. The first kappa shape index (κ1) is 29.3. The number of benzene rings is 2. The van der Waals surface area contributed by atoms with Gasteiger partial charge in [-0.15, -0.1) is 0 Å². The van der Waals surface area contributed by atoms with Gasteiger partial charge < -0.3 is 25.1 Å². The van der Waals surface area contributed by atoms with E-state index in [1.807, 2.05) is 30.3 Å². The third-order valence-electron chi connectivity index (χ3n) is 7.15. The van der Waals surface area contributed by atoms with Gasteiger partial charge in [0.25, 0.3) is 5.91 Å². The van der Waals surface area contributed by atoms with Crippen LogP contribution in [0.25, 0.3) is 0 Å². The lowest BCUT2D eigenvalue weighted by Crippen LogP contribution is -2.52. The molecule has 10 heteroatoms. The highest BCUT2D eigenvalue weighted by atomic mass is 35.5. The molecule has 2 aromatic carbocycles. The van der Waals surface area contributed by atoms with Gasteiger partial charge in [0.15, 0.2) is 0 Å². The van der Waals surface area contributed by atoms with Crippen molar-refractivity contribution in [2.24, 2.45) is 0 Å². The molecule has 2 atom stereocenters. The number of β-amino-alcohol motifs (C(OH)–C–C–N with tert-alkyl or cyclic N) is 1. The summed E-state index contributed by atoms with van der Waals surface area (Å²) in [6.07, 6.45) is 1.61. The fourth-order valence-corrected chi connectivity index (χ4v) is 5.36. The molecule has 0 bridgehead atoms. The molecule has 8 nitrogen and oxygen atoms in total. The van der Waals surface area contributed by atoms with Crippen molar-refractivity contribution in [1.29, 1.82) is 0 Å². The number of anilines is 1. The van der Waals surface area contributed by atoms with Gasteiger partial charge in [-0.2, -0.15) is 0 Å². The molecule has 39 heavy (non-hydrogen) atoms. The molecule has 4 rings (SSSR count). The Morgan fingerprint density at radius 2 is 1.85 bits per heavy atom. The Bertz CT molecular complexity index is 1270. The zero-order chi connectivity index (χ0) is 28.2. The number of aromatic nitrogens is 1. The number of likely N-dealkylation sites (N-methyl/N-ethyl adjacent to an activating group) is 1. The second-order valence-corrected chi connectivity index (χ2v) is 10.9. The molecule has 1 amide bonds. The molecular formula is C29H34Cl2N4O4. The first-order valence-corrected chi connectivity index (χ1v) is 13.6. The SMILES string of the molecule is CN(CCO)C(=O)c1ccc(N2CCN(C[C@@](C)(O)c3ccc(CO)nc3)C[C@H]2c2ccc(Cl)cc2)c(Cl)c1. The van der Waals surface area contributed by atoms with Crippen molar-refractivity contribution in [3.8, 4) is 0 Å². The van der Waals surface area contributed by atoms with Gasteiger partial charge in [0.1, 0.15) is 5.60 Å². The van der Waals surface area contributed by atoms with Crippen molar-refractivity contribution < 1.29 is 20.1 Å². The number of aliphatic hydroxyl groups is 3. The lowest BCUT2D eigenvalue weighted by molar-refractivity contribution is 0.00997. The van der Waals surface area contributed by atoms with E-state index in [4.69, 9.17) is 28.3 Å². The van der Waals surface area contributed by atoms with E-state index in [9.17, 15) is 15.0 Å². The summed E-state index contributed by atoms with van der Waals surface area (Å²) in [4.78, 5) is 22.8. The summed E-state index contributed by atoms with van der Waals surface area (Å²) in [6.45, 7) is 4.08. The molecule has 0 saturated carbocycles. The number of amides is 1. The van der Waals surface area contributed by atoms with Crippen molar-refractivity contribution in [2.45, 2.75) is 25.2 Å². The summed E-state index contributed by atoms with van der Waals surface area (Å²) in [5, 5.41) is 30.9. The maximum absolute atomic E-state index is 12.7. The third-order valence-corrected chi connectivity index (χ3v) is 7.70. The monoisotopic (exact) mass is 572 g/mol. The zero-order valence-electron chi connectivity index (χ0n) is 22.1. The highest BCUT2D eigenvalue weighted by Gasteiger charge is 2.34. The van der Waals surface area contributed by atoms with E-state index in [0.29, 0.717) is 53.0 Å². The molecule has 0 spiro atoms. The fourth-order valence-electron chi connectivity index (χ4n) is 4.95. The summed E-state index contributed by atoms with van der Waals surface area (Å²) in [6, 6.07) is 16.4. The number of hydrogen-bond donors (Lipinski definition) is 3. The summed E-state index contributed by atoms with van der Waals surface area (Å²) >= 11 is 12.9. The Balaban J connectivity index is 1.59. The molecule has 1 fully saturated rings. The smallest absolute Gasteiger partial charge is 0.253 e. The van der Waals surface area contributed by atoms with Gasteiger partial charge in [0, 0.05) is 62.1 Å².